The second-order valence-electron chi connectivity index (χ2n) is 4.96. The number of aliphatic imine (C=N–C) groups is 1. The van der Waals surface area contributed by atoms with Gasteiger partial charge in [0.15, 0.2) is 5.96 Å². The zero-order valence-corrected chi connectivity index (χ0v) is 12.7. The number of piperidine rings is 1. The first kappa shape index (κ1) is 16.2. The van der Waals surface area contributed by atoms with Crippen molar-refractivity contribution in [1.29, 1.82) is 0 Å². The number of nitrogens with zero attached hydrogens (tertiary/aromatic N) is 2. The monoisotopic (exact) mass is 270 g/mol. The summed E-state index contributed by atoms with van der Waals surface area (Å²) < 4.78 is 5.39. The van der Waals surface area contributed by atoms with Crippen LogP contribution in [-0.2, 0) is 4.74 Å². The maximum Gasteiger partial charge on any atom is 0.191 e. The third kappa shape index (κ3) is 6.78. The molecule has 1 aliphatic heterocycles. The third-order valence-electron chi connectivity index (χ3n) is 3.43. The molecule has 0 atom stereocenters. The summed E-state index contributed by atoms with van der Waals surface area (Å²) in [6, 6.07) is 0. The molecule has 0 bridgehead atoms. The number of nitrogens with one attached hydrogen (secondary N) is 2. The van der Waals surface area contributed by atoms with Crippen LogP contribution >= 0.6 is 0 Å². The van der Waals surface area contributed by atoms with E-state index in [1.54, 1.807) is 0 Å². The summed E-state index contributed by atoms with van der Waals surface area (Å²) in [4.78, 5) is 6.99. The van der Waals surface area contributed by atoms with Crippen molar-refractivity contribution >= 4 is 5.96 Å². The van der Waals surface area contributed by atoms with Crippen molar-refractivity contribution in [3.05, 3.63) is 0 Å². The largest absolute Gasteiger partial charge is 0.381 e. The average molecular weight is 270 g/mol. The predicted octanol–water partition coefficient (Wildman–Crippen LogP) is 1.06. The molecule has 1 aliphatic rings. The molecule has 0 radical (unpaired) electrons. The van der Waals surface area contributed by atoms with Gasteiger partial charge in [-0.15, -0.1) is 0 Å². The highest BCUT2D eigenvalue weighted by Crippen LogP contribution is 2.11. The molecule has 0 aromatic carbocycles. The summed E-state index contributed by atoms with van der Waals surface area (Å²) in [5.41, 5.74) is 0. The summed E-state index contributed by atoms with van der Waals surface area (Å²) in [5, 5.41) is 6.67. The van der Waals surface area contributed by atoms with Crippen molar-refractivity contribution in [2.75, 3.05) is 46.4 Å². The molecular weight excluding hydrogens is 240 g/mol. The van der Waals surface area contributed by atoms with Gasteiger partial charge in [-0.05, 0) is 26.2 Å². The molecule has 5 heteroatoms. The van der Waals surface area contributed by atoms with Gasteiger partial charge in [0.25, 0.3) is 0 Å². The molecule has 0 aromatic rings. The van der Waals surface area contributed by atoms with Crippen molar-refractivity contribution in [2.45, 2.75) is 39.2 Å². The van der Waals surface area contributed by atoms with Crippen LogP contribution in [0.15, 0.2) is 4.99 Å². The number of hydrogen-bond donors (Lipinski definition) is 2. The fourth-order valence-electron chi connectivity index (χ4n) is 2.27. The van der Waals surface area contributed by atoms with E-state index < -0.39 is 0 Å². The number of hydrogen-bond acceptors (Lipinski definition) is 3. The van der Waals surface area contributed by atoms with E-state index >= 15 is 0 Å². The minimum atomic E-state index is 0.465. The molecule has 0 spiro atoms. The molecule has 112 valence electrons. The van der Waals surface area contributed by atoms with Crippen molar-refractivity contribution in [3.8, 4) is 0 Å². The van der Waals surface area contributed by atoms with Crippen LogP contribution in [0.4, 0.5) is 0 Å². The molecule has 19 heavy (non-hydrogen) atoms. The number of guanidine groups is 1. The summed E-state index contributed by atoms with van der Waals surface area (Å²) in [7, 11) is 1.81. The van der Waals surface area contributed by atoms with Gasteiger partial charge < -0.3 is 20.3 Å². The van der Waals surface area contributed by atoms with Gasteiger partial charge in [0.1, 0.15) is 0 Å². The highest BCUT2D eigenvalue weighted by molar-refractivity contribution is 5.79. The van der Waals surface area contributed by atoms with E-state index in [2.05, 4.69) is 34.4 Å². The Labute approximate surface area is 117 Å². The Morgan fingerprint density at radius 3 is 2.58 bits per heavy atom. The smallest absolute Gasteiger partial charge is 0.191 e. The molecule has 0 unspecified atom stereocenters. The van der Waals surface area contributed by atoms with E-state index in [0.717, 1.165) is 64.5 Å². The van der Waals surface area contributed by atoms with Crippen LogP contribution in [0, 0.1) is 0 Å². The molecule has 0 saturated carbocycles. The van der Waals surface area contributed by atoms with E-state index in [9.17, 15) is 0 Å². The summed E-state index contributed by atoms with van der Waals surface area (Å²) in [6.07, 6.45) is 3.86. The van der Waals surface area contributed by atoms with E-state index in [-0.39, 0.29) is 0 Å². The van der Waals surface area contributed by atoms with E-state index in [4.69, 9.17) is 4.74 Å². The van der Waals surface area contributed by atoms with Crippen molar-refractivity contribution in [1.82, 2.24) is 15.5 Å². The minimum absolute atomic E-state index is 0.465. The zero-order chi connectivity index (χ0) is 13.9. The standard InChI is InChI=1S/C14H30N4O/c1-4-8-16-14(15-5-2)17-9-12-18-10-6-13(19-3)7-11-18/h13H,4-12H2,1-3H3,(H2,15,16,17). The average Bonchev–Trinajstić information content (AvgIpc) is 2.45. The van der Waals surface area contributed by atoms with Gasteiger partial charge >= 0.3 is 0 Å². The topological polar surface area (TPSA) is 48.9 Å². The summed E-state index contributed by atoms with van der Waals surface area (Å²) in [6.45, 7) is 10.3. The number of likely N-dealkylation sites (tertiary alicyclic amines) is 1. The number of methoxy groups -OCH3 is 1. The van der Waals surface area contributed by atoms with E-state index in [0.29, 0.717) is 6.10 Å². The Kier molecular flexibility index (Phi) is 8.58. The third-order valence-corrected chi connectivity index (χ3v) is 3.43. The van der Waals surface area contributed by atoms with Gasteiger partial charge in [-0.2, -0.15) is 0 Å². The van der Waals surface area contributed by atoms with Gasteiger partial charge in [0.2, 0.25) is 0 Å². The summed E-state index contributed by atoms with van der Waals surface area (Å²) >= 11 is 0. The van der Waals surface area contributed by atoms with Crippen LogP contribution in [0.3, 0.4) is 0 Å². The van der Waals surface area contributed by atoms with Gasteiger partial charge in [-0.3, -0.25) is 4.99 Å². The maximum absolute atomic E-state index is 5.39. The Bertz CT molecular complexity index is 250. The Hall–Kier alpha value is -0.810. The Balaban J connectivity index is 2.17. The highest BCUT2D eigenvalue weighted by Gasteiger charge is 2.17. The predicted molar refractivity (Wildman–Crippen MR) is 80.7 cm³/mol. The quantitative estimate of drug-likeness (QED) is 0.536. The van der Waals surface area contributed by atoms with Crippen molar-refractivity contribution in [2.24, 2.45) is 4.99 Å². The molecular formula is C14H30N4O. The second kappa shape index (κ2) is 10.0. The Morgan fingerprint density at radius 1 is 1.26 bits per heavy atom. The van der Waals surface area contributed by atoms with E-state index in [1.807, 2.05) is 7.11 Å². The van der Waals surface area contributed by atoms with Gasteiger partial charge in [-0.25, -0.2) is 0 Å². The molecule has 2 N–H and O–H groups in total. The number of ether oxygens (including phenoxy) is 1. The molecule has 1 saturated heterocycles. The summed E-state index contributed by atoms with van der Waals surface area (Å²) in [5.74, 6) is 0.941. The molecule has 0 amide bonds. The minimum Gasteiger partial charge on any atom is -0.381 e. The first-order chi connectivity index (χ1) is 9.30. The number of rotatable bonds is 7. The second-order valence-corrected chi connectivity index (χ2v) is 4.96. The van der Waals surface area contributed by atoms with Gasteiger partial charge in [0, 0.05) is 46.4 Å². The fourth-order valence-corrected chi connectivity index (χ4v) is 2.27. The van der Waals surface area contributed by atoms with Crippen LogP contribution in [-0.4, -0.2) is 63.3 Å². The SMILES string of the molecule is CCCN=C(NCC)NCCN1CCC(OC)CC1. The normalized spacial score (nSPS) is 18.6. The fraction of sp³-hybridized carbons (Fsp3) is 0.929. The van der Waals surface area contributed by atoms with Crippen molar-refractivity contribution in [3.63, 3.8) is 0 Å². The van der Waals surface area contributed by atoms with Gasteiger partial charge in [0.05, 0.1) is 6.10 Å². The first-order valence-electron chi connectivity index (χ1n) is 7.57. The van der Waals surface area contributed by atoms with Crippen LogP contribution in [0.2, 0.25) is 0 Å². The Morgan fingerprint density at radius 2 is 2.00 bits per heavy atom. The lowest BCUT2D eigenvalue weighted by molar-refractivity contribution is 0.0417. The van der Waals surface area contributed by atoms with Gasteiger partial charge in [-0.1, -0.05) is 6.92 Å². The van der Waals surface area contributed by atoms with Crippen LogP contribution < -0.4 is 10.6 Å². The molecule has 1 rings (SSSR count). The molecule has 0 aliphatic carbocycles. The molecule has 5 nitrogen and oxygen atoms in total. The van der Waals surface area contributed by atoms with Crippen LogP contribution in [0.1, 0.15) is 33.1 Å². The lowest BCUT2D eigenvalue weighted by Crippen LogP contribution is -2.44. The van der Waals surface area contributed by atoms with Crippen LogP contribution in [0.5, 0.6) is 0 Å². The molecule has 0 aromatic heterocycles. The van der Waals surface area contributed by atoms with E-state index in [1.165, 1.54) is 0 Å². The van der Waals surface area contributed by atoms with Crippen molar-refractivity contribution < 1.29 is 4.74 Å². The lowest BCUT2D eigenvalue weighted by atomic mass is 10.1. The zero-order valence-electron chi connectivity index (χ0n) is 12.7. The lowest BCUT2D eigenvalue weighted by Gasteiger charge is -2.31. The molecule has 1 heterocycles. The first-order valence-corrected chi connectivity index (χ1v) is 7.57. The maximum atomic E-state index is 5.39. The molecule has 1 fully saturated rings. The van der Waals surface area contributed by atoms with Crippen LogP contribution in [0.25, 0.3) is 0 Å². The highest BCUT2D eigenvalue weighted by atomic mass is 16.5.